The fourth-order valence-electron chi connectivity index (χ4n) is 2.39. The fraction of sp³-hybridized carbons (Fsp3) is 0.400. The van der Waals surface area contributed by atoms with E-state index >= 15 is 0 Å². The number of carbonyl (C=O) groups is 3. The van der Waals surface area contributed by atoms with Crippen molar-refractivity contribution >= 4 is 23.7 Å². The van der Waals surface area contributed by atoms with Gasteiger partial charge in [-0.25, -0.2) is 14.0 Å². The Hall–Kier alpha value is -2.64. The molecule has 124 valence electrons. The first-order valence-electron chi connectivity index (χ1n) is 7.09. The number of urea groups is 1. The molecule has 0 unspecified atom stereocenters. The monoisotopic (exact) mass is 324 g/mol. The van der Waals surface area contributed by atoms with Crippen molar-refractivity contribution in [2.24, 2.45) is 5.92 Å². The smallest absolute Gasteiger partial charge is 0.337 e. The molecule has 2 rings (SSSR count). The molecule has 1 saturated heterocycles. The van der Waals surface area contributed by atoms with Gasteiger partial charge >= 0.3 is 18.0 Å². The van der Waals surface area contributed by atoms with Gasteiger partial charge in [0.25, 0.3) is 0 Å². The Kier molecular flexibility index (Phi) is 5.15. The third kappa shape index (κ3) is 3.97. The summed E-state index contributed by atoms with van der Waals surface area (Å²) >= 11 is 0. The van der Waals surface area contributed by atoms with Crippen molar-refractivity contribution in [3.63, 3.8) is 0 Å². The second-order valence-electron chi connectivity index (χ2n) is 5.22. The van der Waals surface area contributed by atoms with Crippen LogP contribution in [0.15, 0.2) is 18.2 Å². The van der Waals surface area contributed by atoms with Crippen LogP contribution in [0.4, 0.5) is 14.9 Å². The molecular formula is C15H17FN2O5. The van der Waals surface area contributed by atoms with Crippen LogP contribution in [0.25, 0.3) is 0 Å². The average molecular weight is 324 g/mol. The van der Waals surface area contributed by atoms with E-state index in [-0.39, 0.29) is 24.3 Å². The van der Waals surface area contributed by atoms with Gasteiger partial charge in [-0.15, -0.1) is 0 Å². The van der Waals surface area contributed by atoms with E-state index in [2.05, 4.69) is 10.1 Å². The molecule has 0 bridgehead atoms. The van der Waals surface area contributed by atoms with E-state index in [1.165, 1.54) is 24.1 Å². The number of likely N-dealkylation sites (tertiary alicyclic amines) is 1. The highest BCUT2D eigenvalue weighted by Crippen LogP contribution is 2.20. The molecule has 2 amide bonds. The SMILES string of the molecule is COC(=O)c1ccc(F)c(NC(=O)N2CCC(C(=O)O)CC2)c1. The lowest BCUT2D eigenvalue weighted by molar-refractivity contribution is -0.143. The number of methoxy groups -OCH3 is 1. The van der Waals surface area contributed by atoms with Gasteiger partial charge in [-0.1, -0.05) is 0 Å². The number of aliphatic carboxylic acids is 1. The number of amides is 2. The summed E-state index contributed by atoms with van der Waals surface area (Å²) < 4.78 is 18.3. The van der Waals surface area contributed by atoms with Crippen LogP contribution in [-0.4, -0.2) is 48.2 Å². The molecule has 1 aromatic rings. The first-order chi connectivity index (χ1) is 10.9. The van der Waals surface area contributed by atoms with Crippen LogP contribution in [0.1, 0.15) is 23.2 Å². The molecule has 1 heterocycles. The number of carboxylic acids is 1. The summed E-state index contributed by atoms with van der Waals surface area (Å²) in [5.41, 5.74) is -0.00737. The summed E-state index contributed by atoms with van der Waals surface area (Å²) in [6.45, 7) is 0.558. The number of carboxylic acid groups (broad SMARTS) is 1. The van der Waals surface area contributed by atoms with Gasteiger partial charge in [-0.05, 0) is 31.0 Å². The van der Waals surface area contributed by atoms with Crippen LogP contribution < -0.4 is 5.32 Å². The zero-order valence-corrected chi connectivity index (χ0v) is 12.5. The van der Waals surface area contributed by atoms with Crippen LogP contribution in [0.3, 0.4) is 0 Å². The zero-order chi connectivity index (χ0) is 17.0. The Bertz CT molecular complexity index is 626. The number of carbonyl (C=O) groups excluding carboxylic acids is 2. The summed E-state index contributed by atoms with van der Waals surface area (Å²) in [6.07, 6.45) is 0.709. The predicted molar refractivity (Wildman–Crippen MR) is 78.7 cm³/mol. The highest BCUT2D eigenvalue weighted by Gasteiger charge is 2.27. The Balaban J connectivity index is 2.03. The number of anilines is 1. The normalized spacial score (nSPS) is 15.1. The van der Waals surface area contributed by atoms with Gasteiger partial charge in [0.15, 0.2) is 0 Å². The van der Waals surface area contributed by atoms with E-state index in [1.54, 1.807) is 0 Å². The molecular weight excluding hydrogens is 307 g/mol. The van der Waals surface area contributed by atoms with Crippen molar-refractivity contribution in [2.45, 2.75) is 12.8 Å². The number of hydrogen-bond donors (Lipinski definition) is 2. The van der Waals surface area contributed by atoms with Crippen LogP contribution in [-0.2, 0) is 9.53 Å². The zero-order valence-electron chi connectivity index (χ0n) is 12.5. The lowest BCUT2D eigenvalue weighted by atomic mass is 9.97. The number of piperidine rings is 1. The van der Waals surface area contributed by atoms with Gasteiger partial charge in [-0.2, -0.15) is 0 Å². The summed E-state index contributed by atoms with van der Waals surface area (Å²) in [4.78, 5) is 35.9. The molecule has 23 heavy (non-hydrogen) atoms. The molecule has 0 aromatic heterocycles. The number of ether oxygens (including phenoxy) is 1. The van der Waals surface area contributed by atoms with Crippen molar-refractivity contribution in [1.82, 2.24) is 4.90 Å². The van der Waals surface area contributed by atoms with Crippen molar-refractivity contribution in [3.8, 4) is 0 Å². The number of rotatable bonds is 3. The van der Waals surface area contributed by atoms with Gasteiger partial charge < -0.3 is 20.1 Å². The molecule has 2 N–H and O–H groups in total. The van der Waals surface area contributed by atoms with Gasteiger partial charge in [-0.3, -0.25) is 4.79 Å². The Morgan fingerprint density at radius 2 is 1.96 bits per heavy atom. The lowest BCUT2D eigenvalue weighted by Gasteiger charge is -2.30. The van der Waals surface area contributed by atoms with Crippen molar-refractivity contribution < 1.29 is 28.6 Å². The van der Waals surface area contributed by atoms with Gasteiger partial charge in [0.2, 0.25) is 0 Å². The van der Waals surface area contributed by atoms with Gasteiger partial charge in [0.05, 0.1) is 24.3 Å². The first-order valence-corrected chi connectivity index (χ1v) is 7.09. The number of hydrogen-bond acceptors (Lipinski definition) is 4. The predicted octanol–water partition coefficient (Wildman–Crippen LogP) is 1.94. The van der Waals surface area contributed by atoms with Gasteiger partial charge in [0, 0.05) is 13.1 Å². The molecule has 0 radical (unpaired) electrons. The number of nitrogens with one attached hydrogen (secondary N) is 1. The van der Waals surface area contributed by atoms with Crippen LogP contribution in [0.5, 0.6) is 0 Å². The number of nitrogens with zero attached hydrogens (tertiary/aromatic N) is 1. The highest BCUT2D eigenvalue weighted by molar-refractivity contribution is 5.94. The minimum absolute atomic E-state index is 0.119. The minimum atomic E-state index is -0.873. The van der Waals surface area contributed by atoms with Crippen LogP contribution in [0.2, 0.25) is 0 Å². The van der Waals surface area contributed by atoms with E-state index in [4.69, 9.17) is 5.11 Å². The maximum absolute atomic E-state index is 13.8. The number of esters is 1. The quantitative estimate of drug-likeness (QED) is 0.828. The maximum atomic E-state index is 13.8. The molecule has 8 heteroatoms. The van der Waals surface area contributed by atoms with Gasteiger partial charge in [0.1, 0.15) is 5.82 Å². The van der Waals surface area contributed by atoms with E-state index in [9.17, 15) is 18.8 Å². The van der Waals surface area contributed by atoms with Crippen LogP contribution in [0, 0.1) is 11.7 Å². The molecule has 1 aliphatic rings. The molecule has 0 aliphatic carbocycles. The standard InChI is InChI=1S/C15H17FN2O5/c1-23-14(21)10-2-3-11(16)12(8-10)17-15(22)18-6-4-9(5-7-18)13(19)20/h2-3,8-9H,4-7H2,1H3,(H,17,22)(H,19,20). The minimum Gasteiger partial charge on any atom is -0.481 e. The summed E-state index contributed by atoms with van der Waals surface area (Å²) in [5.74, 6) is -2.64. The fourth-order valence-corrected chi connectivity index (χ4v) is 2.39. The van der Waals surface area contributed by atoms with E-state index in [1.807, 2.05) is 0 Å². The molecule has 1 aromatic carbocycles. The average Bonchev–Trinajstić information content (AvgIpc) is 2.56. The third-order valence-electron chi connectivity index (χ3n) is 3.76. The Labute approximate surface area is 132 Å². The maximum Gasteiger partial charge on any atom is 0.337 e. The topological polar surface area (TPSA) is 95.9 Å². The molecule has 1 fully saturated rings. The second kappa shape index (κ2) is 7.08. The number of halogens is 1. The lowest BCUT2D eigenvalue weighted by Crippen LogP contribution is -2.42. The second-order valence-corrected chi connectivity index (χ2v) is 5.22. The summed E-state index contributed by atoms with van der Waals surface area (Å²) in [6, 6.07) is 2.99. The number of benzene rings is 1. The Morgan fingerprint density at radius 3 is 2.52 bits per heavy atom. The highest BCUT2D eigenvalue weighted by atomic mass is 19.1. The van der Waals surface area contributed by atoms with Crippen molar-refractivity contribution in [3.05, 3.63) is 29.6 Å². The van der Waals surface area contributed by atoms with Crippen molar-refractivity contribution in [1.29, 1.82) is 0 Å². The first kappa shape index (κ1) is 16.7. The van der Waals surface area contributed by atoms with Crippen molar-refractivity contribution in [2.75, 3.05) is 25.5 Å². The van der Waals surface area contributed by atoms with Crippen LogP contribution >= 0.6 is 0 Å². The van der Waals surface area contributed by atoms with E-state index in [0.29, 0.717) is 12.8 Å². The molecule has 0 spiro atoms. The third-order valence-corrected chi connectivity index (χ3v) is 3.76. The van der Waals surface area contributed by atoms with E-state index < -0.39 is 29.7 Å². The Morgan fingerprint density at radius 1 is 1.30 bits per heavy atom. The van der Waals surface area contributed by atoms with E-state index in [0.717, 1.165) is 6.07 Å². The largest absolute Gasteiger partial charge is 0.481 e. The molecule has 1 aliphatic heterocycles. The summed E-state index contributed by atoms with van der Waals surface area (Å²) in [7, 11) is 1.20. The summed E-state index contributed by atoms with van der Waals surface area (Å²) in [5, 5.41) is 11.3. The molecule has 0 atom stereocenters. The molecule has 7 nitrogen and oxygen atoms in total. The molecule has 0 saturated carbocycles.